The number of rotatable bonds is 7. The zero-order valence-electron chi connectivity index (χ0n) is 18.3. The number of halogens is 3. The van der Waals surface area contributed by atoms with Gasteiger partial charge in [0.1, 0.15) is 23.2 Å². The molecule has 4 nitrogen and oxygen atoms in total. The van der Waals surface area contributed by atoms with Gasteiger partial charge in [-0.2, -0.15) is 0 Å². The average molecular weight is 443 g/mol. The van der Waals surface area contributed by atoms with Crippen molar-refractivity contribution in [3.8, 4) is 16.9 Å². The summed E-state index contributed by atoms with van der Waals surface area (Å²) in [5.41, 5.74) is 1.73. The van der Waals surface area contributed by atoms with Crippen molar-refractivity contribution in [2.45, 2.75) is 26.9 Å². The van der Waals surface area contributed by atoms with E-state index in [-0.39, 0.29) is 29.8 Å². The molecule has 0 spiro atoms. The van der Waals surface area contributed by atoms with Crippen molar-refractivity contribution in [1.29, 1.82) is 0 Å². The van der Waals surface area contributed by atoms with Gasteiger partial charge in [-0.05, 0) is 68.3 Å². The molecular weight excluding hydrogens is 419 g/mol. The van der Waals surface area contributed by atoms with E-state index in [2.05, 4.69) is 0 Å². The molecule has 32 heavy (non-hydrogen) atoms. The van der Waals surface area contributed by atoms with Crippen molar-refractivity contribution in [3.05, 3.63) is 77.6 Å². The Kier molecular flexibility index (Phi) is 7.08. The van der Waals surface area contributed by atoms with Gasteiger partial charge in [0.15, 0.2) is 6.61 Å². The van der Waals surface area contributed by atoms with Crippen LogP contribution < -0.4 is 9.64 Å². The van der Waals surface area contributed by atoms with Crippen LogP contribution in [-0.4, -0.2) is 25.7 Å². The van der Waals surface area contributed by atoms with Gasteiger partial charge in [-0.3, -0.25) is 0 Å². The van der Waals surface area contributed by atoms with E-state index in [1.165, 1.54) is 54.4 Å². The third kappa shape index (κ3) is 5.22. The largest absolute Gasteiger partial charge is 0.482 e. The molecule has 3 aromatic rings. The lowest BCUT2D eigenvalue weighted by atomic mass is 10.0. The molecule has 3 rings (SSSR count). The number of esters is 1. The minimum Gasteiger partial charge on any atom is -0.482 e. The second kappa shape index (κ2) is 9.77. The Morgan fingerprint density at radius 1 is 0.969 bits per heavy atom. The van der Waals surface area contributed by atoms with Crippen LogP contribution in [0, 0.1) is 24.4 Å². The van der Waals surface area contributed by atoms with Crippen molar-refractivity contribution >= 4 is 17.3 Å². The standard InChI is InChI=1S/C25H24F3NO3/c1-15(2)32-24(30)14-31-23-11-10-21(28)25(16(23)3)29(4)22-13-18(8-9-20(22)27)17-6-5-7-19(26)12-17/h5-13,15H,14H2,1-4H3. The van der Waals surface area contributed by atoms with Crippen molar-refractivity contribution in [3.63, 3.8) is 0 Å². The molecule has 0 amide bonds. The number of hydrogen-bond acceptors (Lipinski definition) is 4. The number of benzene rings is 3. The van der Waals surface area contributed by atoms with E-state index in [4.69, 9.17) is 9.47 Å². The Bertz CT molecular complexity index is 1130. The summed E-state index contributed by atoms with van der Waals surface area (Å²) in [6.45, 7) is 4.73. The zero-order valence-corrected chi connectivity index (χ0v) is 18.3. The first-order valence-corrected chi connectivity index (χ1v) is 10.1. The highest BCUT2D eigenvalue weighted by Crippen LogP contribution is 2.37. The van der Waals surface area contributed by atoms with E-state index in [0.29, 0.717) is 16.7 Å². The summed E-state index contributed by atoms with van der Waals surface area (Å²) in [7, 11) is 1.52. The summed E-state index contributed by atoms with van der Waals surface area (Å²) >= 11 is 0. The molecular formula is C25H24F3NO3. The maximum Gasteiger partial charge on any atom is 0.344 e. The summed E-state index contributed by atoms with van der Waals surface area (Å²) in [6.07, 6.45) is -0.282. The van der Waals surface area contributed by atoms with E-state index in [0.717, 1.165) is 0 Å². The van der Waals surface area contributed by atoms with Gasteiger partial charge in [-0.1, -0.05) is 18.2 Å². The first kappa shape index (κ1) is 23.2. The summed E-state index contributed by atoms with van der Waals surface area (Å²) in [4.78, 5) is 13.1. The summed E-state index contributed by atoms with van der Waals surface area (Å²) in [5, 5.41) is 0. The highest BCUT2D eigenvalue weighted by atomic mass is 19.1. The molecule has 0 saturated carbocycles. The van der Waals surface area contributed by atoms with E-state index in [1.54, 1.807) is 32.9 Å². The smallest absolute Gasteiger partial charge is 0.344 e. The summed E-state index contributed by atoms with van der Waals surface area (Å²) < 4.78 is 53.7. The molecule has 0 heterocycles. The van der Waals surface area contributed by atoms with Crippen molar-refractivity contribution in [2.24, 2.45) is 0 Å². The highest BCUT2D eigenvalue weighted by molar-refractivity contribution is 5.75. The maximum absolute atomic E-state index is 14.8. The number of nitrogens with zero attached hydrogens (tertiary/aromatic N) is 1. The fourth-order valence-electron chi connectivity index (χ4n) is 3.39. The molecule has 0 aliphatic carbocycles. The molecule has 0 aliphatic heterocycles. The lowest BCUT2D eigenvalue weighted by molar-refractivity contribution is -0.149. The average Bonchev–Trinajstić information content (AvgIpc) is 2.73. The lowest BCUT2D eigenvalue weighted by Gasteiger charge is -2.24. The van der Waals surface area contributed by atoms with Crippen LogP contribution in [0.2, 0.25) is 0 Å². The molecule has 0 fully saturated rings. The van der Waals surface area contributed by atoms with Crippen LogP contribution in [0.5, 0.6) is 5.75 Å². The first-order valence-electron chi connectivity index (χ1n) is 10.1. The lowest BCUT2D eigenvalue weighted by Crippen LogP contribution is -2.20. The van der Waals surface area contributed by atoms with Gasteiger partial charge in [0.2, 0.25) is 0 Å². The molecule has 0 saturated heterocycles. The Labute approximate surface area is 185 Å². The molecule has 0 N–H and O–H groups in total. The van der Waals surface area contributed by atoms with Crippen LogP contribution >= 0.6 is 0 Å². The molecule has 0 aromatic heterocycles. The Morgan fingerprint density at radius 3 is 2.34 bits per heavy atom. The predicted molar refractivity (Wildman–Crippen MR) is 118 cm³/mol. The van der Waals surface area contributed by atoms with Crippen molar-refractivity contribution < 1.29 is 27.4 Å². The topological polar surface area (TPSA) is 38.8 Å². The van der Waals surface area contributed by atoms with Gasteiger partial charge in [0, 0.05) is 12.6 Å². The van der Waals surface area contributed by atoms with Crippen LogP contribution in [0.3, 0.4) is 0 Å². The maximum atomic E-state index is 14.8. The molecule has 0 aliphatic rings. The fraction of sp³-hybridized carbons (Fsp3) is 0.240. The minimum absolute atomic E-state index is 0.0926. The molecule has 0 unspecified atom stereocenters. The molecule has 7 heteroatoms. The monoisotopic (exact) mass is 443 g/mol. The van der Waals surface area contributed by atoms with E-state index >= 15 is 0 Å². The van der Waals surface area contributed by atoms with E-state index in [9.17, 15) is 18.0 Å². The van der Waals surface area contributed by atoms with Crippen LogP contribution in [0.4, 0.5) is 24.5 Å². The van der Waals surface area contributed by atoms with Gasteiger partial charge in [0.25, 0.3) is 0 Å². The summed E-state index contributed by atoms with van der Waals surface area (Å²) in [5.74, 6) is -1.84. The quantitative estimate of drug-likeness (QED) is 0.409. The zero-order chi connectivity index (χ0) is 23.4. The molecule has 168 valence electrons. The van der Waals surface area contributed by atoms with E-state index < -0.39 is 23.4 Å². The van der Waals surface area contributed by atoms with Crippen LogP contribution in [0.25, 0.3) is 11.1 Å². The minimum atomic E-state index is -0.585. The second-order valence-electron chi connectivity index (χ2n) is 7.58. The van der Waals surface area contributed by atoms with Crippen LogP contribution in [-0.2, 0) is 9.53 Å². The van der Waals surface area contributed by atoms with Crippen LogP contribution in [0.15, 0.2) is 54.6 Å². The van der Waals surface area contributed by atoms with Gasteiger partial charge in [0.05, 0.1) is 17.5 Å². The first-order chi connectivity index (χ1) is 15.2. The third-order valence-corrected chi connectivity index (χ3v) is 4.85. The Hall–Kier alpha value is -3.48. The van der Waals surface area contributed by atoms with Crippen molar-refractivity contribution in [2.75, 3.05) is 18.6 Å². The summed E-state index contributed by atoms with van der Waals surface area (Å²) in [6, 6.07) is 12.8. The van der Waals surface area contributed by atoms with Gasteiger partial charge in [-0.15, -0.1) is 0 Å². The number of hydrogen-bond donors (Lipinski definition) is 0. The Morgan fingerprint density at radius 2 is 1.66 bits per heavy atom. The van der Waals surface area contributed by atoms with Gasteiger partial charge in [-0.25, -0.2) is 18.0 Å². The van der Waals surface area contributed by atoms with Crippen molar-refractivity contribution in [1.82, 2.24) is 0 Å². The van der Waals surface area contributed by atoms with Gasteiger partial charge >= 0.3 is 5.97 Å². The molecule has 3 aromatic carbocycles. The SMILES string of the molecule is Cc1c(OCC(=O)OC(C)C)ccc(F)c1N(C)c1cc(-c2cccc(F)c2)ccc1F. The predicted octanol–water partition coefficient (Wildman–Crippen LogP) is 6.18. The molecule has 0 radical (unpaired) electrons. The van der Waals surface area contributed by atoms with Crippen LogP contribution in [0.1, 0.15) is 19.4 Å². The van der Waals surface area contributed by atoms with Gasteiger partial charge < -0.3 is 14.4 Å². The fourth-order valence-corrected chi connectivity index (χ4v) is 3.39. The number of ether oxygens (including phenoxy) is 2. The number of anilines is 2. The molecule has 0 bridgehead atoms. The Balaban J connectivity index is 1.94. The highest BCUT2D eigenvalue weighted by Gasteiger charge is 2.20. The number of carbonyl (C=O) groups excluding carboxylic acids is 1. The number of carbonyl (C=O) groups is 1. The third-order valence-electron chi connectivity index (χ3n) is 4.85. The molecule has 0 atom stereocenters. The normalized spacial score (nSPS) is 10.9. The van der Waals surface area contributed by atoms with E-state index in [1.807, 2.05) is 0 Å². The second-order valence-corrected chi connectivity index (χ2v) is 7.58.